The van der Waals surface area contributed by atoms with E-state index in [-0.39, 0.29) is 38.6 Å². The van der Waals surface area contributed by atoms with Crippen molar-refractivity contribution in [3.63, 3.8) is 0 Å². The Morgan fingerprint density at radius 2 is 0.640 bits per heavy atom. The maximum atomic E-state index is 12.8. The lowest BCUT2D eigenvalue weighted by molar-refractivity contribution is -0.161. The van der Waals surface area contributed by atoms with Crippen molar-refractivity contribution < 1.29 is 37.6 Å². The van der Waals surface area contributed by atoms with E-state index in [1.54, 1.807) is 0 Å². The first kappa shape index (κ1) is 84.0. The Morgan fingerprint density at radius 3 is 0.953 bits per heavy atom. The molecule has 0 amide bonds. The highest BCUT2D eigenvalue weighted by molar-refractivity contribution is 7.47. The Morgan fingerprint density at radius 1 is 0.360 bits per heavy atom. The minimum absolute atomic E-state index is 0.0556. The van der Waals surface area contributed by atoms with Gasteiger partial charge in [-0.1, -0.05) is 377 Å². The third-order valence-electron chi connectivity index (χ3n) is 17.0. The zero-order valence-electron chi connectivity index (χ0n) is 57.1. The minimum atomic E-state index is -4.39. The molecule has 0 aliphatic heterocycles. The van der Waals surface area contributed by atoms with Crippen LogP contribution < -0.4 is 5.73 Å². The summed E-state index contributed by atoms with van der Waals surface area (Å²) < 4.78 is 33.2. The monoisotopic (exact) mass is 1230 g/mol. The maximum absolute atomic E-state index is 12.8. The Balaban J connectivity index is 3.78. The van der Waals surface area contributed by atoms with Crippen LogP contribution in [0.2, 0.25) is 0 Å². The highest BCUT2D eigenvalue weighted by atomic mass is 31.2. The second-order valence-corrected chi connectivity index (χ2v) is 27.0. The molecule has 0 heterocycles. The molecule has 0 bridgehead atoms. The summed E-state index contributed by atoms with van der Waals surface area (Å²) in [6.07, 6.45) is 92.4. The first-order chi connectivity index (χ1) is 42.3. The summed E-state index contributed by atoms with van der Waals surface area (Å²) >= 11 is 0. The van der Waals surface area contributed by atoms with E-state index < -0.39 is 26.5 Å². The molecule has 0 aromatic heterocycles. The maximum Gasteiger partial charge on any atom is 0.472 e. The van der Waals surface area contributed by atoms with Crippen molar-refractivity contribution in [2.45, 2.75) is 399 Å². The Bertz CT molecular complexity index is 1550. The van der Waals surface area contributed by atoms with Crippen LogP contribution in [0.3, 0.4) is 0 Å². The van der Waals surface area contributed by atoms with Gasteiger partial charge in [-0.05, 0) is 51.4 Å². The molecule has 0 aromatic rings. The third-order valence-corrected chi connectivity index (χ3v) is 18.0. The standard InChI is InChI=1S/C76H144NO8P/c1-3-5-7-9-11-13-15-17-19-21-23-25-27-29-31-33-35-36-37-39-40-42-44-46-48-50-52-54-56-58-60-62-64-66-68-75(78)82-72-74(73-84-86(80,81)83-71-70-77)85-76(79)69-67-65-63-61-59-57-55-53-51-49-47-45-43-41-38-34-32-30-28-26-24-22-20-18-16-14-12-10-8-6-4-2/h6,8,12,14,18,20,24,26,74H,3-5,7,9-11,13,15-17,19,21-23,25,27-73,77H2,1-2H3,(H,80,81)/b8-6-,14-12-,20-18-,26-24-. The molecule has 0 fully saturated rings. The highest BCUT2D eigenvalue weighted by Gasteiger charge is 2.26. The molecule has 0 aliphatic rings. The second kappa shape index (κ2) is 72.0. The minimum Gasteiger partial charge on any atom is -0.462 e. The lowest BCUT2D eigenvalue weighted by Crippen LogP contribution is -2.29. The van der Waals surface area contributed by atoms with Crippen molar-refractivity contribution in [2.75, 3.05) is 26.4 Å². The number of unbranched alkanes of at least 4 members (excludes halogenated alkanes) is 51. The van der Waals surface area contributed by atoms with E-state index in [2.05, 4.69) is 62.5 Å². The van der Waals surface area contributed by atoms with Gasteiger partial charge >= 0.3 is 19.8 Å². The number of ether oxygens (including phenoxy) is 2. The molecule has 0 rings (SSSR count). The molecule has 0 radical (unpaired) electrons. The topological polar surface area (TPSA) is 134 Å². The van der Waals surface area contributed by atoms with E-state index >= 15 is 0 Å². The van der Waals surface area contributed by atoms with E-state index in [0.717, 1.165) is 57.8 Å². The van der Waals surface area contributed by atoms with Crippen LogP contribution in [-0.4, -0.2) is 49.3 Å². The largest absolute Gasteiger partial charge is 0.472 e. The molecule has 506 valence electrons. The van der Waals surface area contributed by atoms with Gasteiger partial charge in [0.1, 0.15) is 6.61 Å². The van der Waals surface area contributed by atoms with E-state index in [9.17, 15) is 19.0 Å². The van der Waals surface area contributed by atoms with Gasteiger partial charge in [0.2, 0.25) is 0 Å². The average molecular weight is 1230 g/mol. The van der Waals surface area contributed by atoms with Crippen molar-refractivity contribution in [2.24, 2.45) is 5.73 Å². The smallest absolute Gasteiger partial charge is 0.462 e. The van der Waals surface area contributed by atoms with Gasteiger partial charge in [0.05, 0.1) is 13.2 Å². The van der Waals surface area contributed by atoms with Gasteiger partial charge in [-0.2, -0.15) is 0 Å². The molecule has 3 N–H and O–H groups in total. The van der Waals surface area contributed by atoms with E-state index in [1.165, 1.54) is 302 Å². The van der Waals surface area contributed by atoms with Gasteiger partial charge in [0.15, 0.2) is 6.10 Å². The third kappa shape index (κ3) is 71.1. The number of carbonyl (C=O) groups is 2. The number of nitrogens with two attached hydrogens (primary N) is 1. The number of hydrogen-bond donors (Lipinski definition) is 2. The van der Waals surface area contributed by atoms with Crippen LogP contribution in [0.1, 0.15) is 393 Å². The number of rotatable bonds is 72. The van der Waals surface area contributed by atoms with Gasteiger partial charge < -0.3 is 20.1 Å². The Kier molecular flexibility index (Phi) is 70.3. The van der Waals surface area contributed by atoms with Crippen molar-refractivity contribution in [1.82, 2.24) is 0 Å². The van der Waals surface area contributed by atoms with E-state index in [4.69, 9.17) is 24.3 Å². The van der Waals surface area contributed by atoms with Gasteiger partial charge in [0, 0.05) is 19.4 Å². The highest BCUT2D eigenvalue weighted by Crippen LogP contribution is 2.43. The van der Waals surface area contributed by atoms with Gasteiger partial charge in [-0.3, -0.25) is 18.6 Å². The molecule has 0 aliphatic carbocycles. The van der Waals surface area contributed by atoms with Crippen LogP contribution in [0, 0.1) is 0 Å². The zero-order chi connectivity index (χ0) is 62.3. The van der Waals surface area contributed by atoms with Gasteiger partial charge in [0.25, 0.3) is 0 Å². The van der Waals surface area contributed by atoms with E-state index in [0.29, 0.717) is 6.42 Å². The Hall–Kier alpha value is -2.03. The summed E-state index contributed by atoms with van der Waals surface area (Å²) in [7, 11) is -4.39. The molecular weight excluding hydrogens is 1090 g/mol. The fourth-order valence-electron chi connectivity index (χ4n) is 11.5. The molecule has 0 saturated heterocycles. The number of phosphoric acid groups is 1. The normalized spacial score (nSPS) is 13.1. The first-order valence-electron chi connectivity index (χ1n) is 37.6. The summed E-state index contributed by atoms with van der Waals surface area (Å²) in [5.74, 6) is -0.804. The average Bonchev–Trinajstić information content (AvgIpc) is 3.58. The SMILES string of the molecule is CC/C=C\C/C=C\C/C=C\C/C=C\CCCCCCCCCCCCCCCCCCCCC(=O)OC(COC(=O)CCCCCCCCCCCCCCCCCCCCCCCCCCCCCCCCCCCC)COP(=O)(O)OCCN. The molecule has 9 nitrogen and oxygen atoms in total. The fraction of sp³-hybridized carbons (Fsp3) is 0.868. The molecule has 0 spiro atoms. The number of phosphoric ester groups is 1. The van der Waals surface area contributed by atoms with Gasteiger partial charge in [-0.25, -0.2) is 4.57 Å². The van der Waals surface area contributed by atoms with Crippen LogP contribution in [0.25, 0.3) is 0 Å². The molecule has 0 saturated carbocycles. The summed E-state index contributed by atoms with van der Waals surface area (Å²) in [5, 5.41) is 0. The van der Waals surface area contributed by atoms with Crippen LogP contribution in [0.15, 0.2) is 48.6 Å². The van der Waals surface area contributed by atoms with E-state index in [1.807, 2.05) is 0 Å². The zero-order valence-corrected chi connectivity index (χ0v) is 58.0. The molecule has 0 aromatic carbocycles. The van der Waals surface area contributed by atoms with Crippen LogP contribution in [0.5, 0.6) is 0 Å². The summed E-state index contributed by atoms with van der Waals surface area (Å²) in [6, 6.07) is 0. The Labute approximate surface area is 534 Å². The van der Waals surface area contributed by atoms with Crippen LogP contribution >= 0.6 is 7.82 Å². The first-order valence-corrected chi connectivity index (χ1v) is 39.1. The lowest BCUT2D eigenvalue weighted by Gasteiger charge is -2.19. The predicted octanol–water partition coefficient (Wildman–Crippen LogP) is 24.8. The predicted molar refractivity (Wildman–Crippen MR) is 372 cm³/mol. The summed E-state index contributed by atoms with van der Waals surface area (Å²) in [5.41, 5.74) is 5.41. The van der Waals surface area contributed by atoms with Crippen LogP contribution in [0.4, 0.5) is 0 Å². The van der Waals surface area contributed by atoms with Crippen molar-refractivity contribution in [3.05, 3.63) is 48.6 Å². The molecule has 2 atom stereocenters. The summed E-state index contributed by atoms with van der Waals surface area (Å²) in [6.45, 7) is 3.71. The van der Waals surface area contributed by atoms with Crippen molar-refractivity contribution in [3.8, 4) is 0 Å². The van der Waals surface area contributed by atoms with Crippen molar-refractivity contribution in [1.29, 1.82) is 0 Å². The lowest BCUT2D eigenvalue weighted by atomic mass is 10.0. The number of allylic oxidation sites excluding steroid dienone is 8. The molecule has 2 unspecified atom stereocenters. The number of hydrogen-bond acceptors (Lipinski definition) is 8. The molecular formula is C76H144NO8P. The van der Waals surface area contributed by atoms with Crippen LogP contribution in [-0.2, 0) is 32.7 Å². The molecule has 86 heavy (non-hydrogen) atoms. The van der Waals surface area contributed by atoms with Gasteiger partial charge in [-0.15, -0.1) is 0 Å². The fourth-order valence-corrected chi connectivity index (χ4v) is 12.2. The number of esters is 2. The second-order valence-electron chi connectivity index (χ2n) is 25.5. The summed E-state index contributed by atoms with van der Waals surface area (Å²) in [4.78, 5) is 35.4. The quantitative estimate of drug-likeness (QED) is 0.0264. The molecule has 10 heteroatoms. The van der Waals surface area contributed by atoms with Crippen molar-refractivity contribution >= 4 is 19.8 Å². The number of carbonyl (C=O) groups excluding carboxylic acids is 2.